The van der Waals surface area contributed by atoms with Crippen molar-refractivity contribution < 1.29 is 45.5 Å². The highest BCUT2D eigenvalue weighted by molar-refractivity contribution is 6.42. The van der Waals surface area contributed by atoms with Gasteiger partial charge in [0.2, 0.25) is 0 Å². The normalized spacial score (nSPS) is 51.2. The fourth-order valence-corrected chi connectivity index (χ4v) is 15.6. The van der Waals surface area contributed by atoms with Crippen LogP contribution in [0.15, 0.2) is 17.1 Å². The Morgan fingerprint density at radius 1 is 1.02 bits per heavy atom. The van der Waals surface area contributed by atoms with Gasteiger partial charge in [-0.25, -0.2) is 0 Å². The Morgan fingerprint density at radius 2 is 1.79 bits per heavy atom. The molecule has 0 amide bonds. The molecule has 2 heterocycles. The first kappa shape index (κ1) is 43.4. The van der Waals surface area contributed by atoms with Crippen LogP contribution in [0.4, 0.5) is 0 Å². The van der Waals surface area contributed by atoms with Crippen molar-refractivity contribution in [2.75, 3.05) is 19.7 Å². The van der Waals surface area contributed by atoms with Crippen LogP contribution < -0.4 is 11.1 Å². The molecule has 19 atom stereocenters. The zero-order chi connectivity index (χ0) is 41.4. The van der Waals surface area contributed by atoms with Crippen LogP contribution in [0.5, 0.6) is 0 Å². The van der Waals surface area contributed by atoms with Crippen molar-refractivity contribution in [3.63, 3.8) is 0 Å². The standard InChI is InChI=1S/C47H77N3O8/c1-5-6-7-8-11-31-26-58-42-32(31)12-9-10-18-47(42,57)44(4,55)36-17-19-46(56)39-38-29(21-43(36,46)3)14-13-28(30-15-16-37(48)49-25-30)22-45(38)23-35(53)34(52)20-33(45)41(54)40(39)50-24-27(2)51/h13-14,27-39,42,49,51-53,55-57H,5-12,15-26,48H2,1-4H3/p+1. The van der Waals surface area contributed by atoms with Gasteiger partial charge in [0.15, 0.2) is 5.78 Å². The molecular weight excluding hydrogens is 735 g/mol. The fourth-order valence-electron chi connectivity index (χ4n) is 15.6. The van der Waals surface area contributed by atoms with E-state index in [1.54, 1.807) is 6.92 Å². The van der Waals surface area contributed by atoms with E-state index in [1.807, 2.05) is 6.92 Å². The SMILES string of the molecule is CCCCCCC1COC2C1CCCCC2(O)C(C)(O)C1CCC2(O)C3C(=NCC(C)O)C(=O)C4CC(O)C(O)CC45CC(C4CCC(N)[NH2+]C4)C=CC(CC12C)C35. The van der Waals surface area contributed by atoms with E-state index in [4.69, 9.17) is 15.5 Å². The molecule has 6 aliphatic carbocycles. The number of ether oxygens (including phenoxy) is 1. The summed E-state index contributed by atoms with van der Waals surface area (Å²) in [6.07, 6.45) is 14.8. The summed E-state index contributed by atoms with van der Waals surface area (Å²) >= 11 is 0. The molecular formula is C47H78N3O8+. The summed E-state index contributed by atoms with van der Waals surface area (Å²) in [5.41, 5.74) is 0.411. The Kier molecular flexibility index (Phi) is 12.1. The Bertz CT molecular complexity index is 1560. The molecule has 10 N–H and O–H groups in total. The average molecular weight is 813 g/mol. The summed E-state index contributed by atoms with van der Waals surface area (Å²) < 4.78 is 6.64. The van der Waals surface area contributed by atoms with Crippen molar-refractivity contribution in [1.29, 1.82) is 0 Å². The first-order chi connectivity index (χ1) is 27.5. The highest BCUT2D eigenvalue weighted by Gasteiger charge is 2.77. The zero-order valence-electron chi connectivity index (χ0n) is 36.0. The van der Waals surface area contributed by atoms with Crippen LogP contribution in [0.1, 0.15) is 137 Å². The molecule has 328 valence electrons. The number of fused-ring (bicyclic) bond motifs is 3. The van der Waals surface area contributed by atoms with E-state index < -0.39 is 69.8 Å². The van der Waals surface area contributed by atoms with Gasteiger partial charge in [0.25, 0.3) is 0 Å². The summed E-state index contributed by atoms with van der Waals surface area (Å²) in [6.45, 7) is 9.29. The first-order valence-corrected chi connectivity index (χ1v) is 23.7. The number of aliphatic hydroxyl groups excluding tert-OH is 3. The number of ketones is 1. The number of quaternary nitrogens is 1. The largest absolute Gasteiger partial charge is 0.391 e. The lowest BCUT2D eigenvalue weighted by Crippen LogP contribution is -2.95. The van der Waals surface area contributed by atoms with E-state index in [-0.39, 0.29) is 55.0 Å². The number of piperidine rings is 1. The van der Waals surface area contributed by atoms with Gasteiger partial charge in [0.05, 0.1) is 61.0 Å². The molecule has 0 aromatic heterocycles. The number of allylic oxidation sites excluding steroid dienone is 2. The molecule has 58 heavy (non-hydrogen) atoms. The van der Waals surface area contributed by atoms with Gasteiger partial charge in [-0.3, -0.25) is 15.5 Å². The molecule has 1 spiro atoms. The second kappa shape index (κ2) is 16.1. The van der Waals surface area contributed by atoms with Crippen LogP contribution in [-0.2, 0) is 9.53 Å². The number of Topliss-reactive ketones (excluding diaryl/α,β-unsaturated/α-hetero) is 1. The van der Waals surface area contributed by atoms with Crippen molar-refractivity contribution in [3.8, 4) is 0 Å². The van der Waals surface area contributed by atoms with E-state index in [0.717, 1.165) is 51.5 Å². The van der Waals surface area contributed by atoms with E-state index in [0.29, 0.717) is 56.3 Å². The lowest BCUT2D eigenvalue weighted by Gasteiger charge is -2.67. The number of nitrogens with zero attached hydrogens (tertiary/aromatic N) is 1. The van der Waals surface area contributed by atoms with Crippen molar-refractivity contribution in [1.82, 2.24) is 0 Å². The lowest BCUT2D eigenvalue weighted by atomic mass is 9.38. The van der Waals surface area contributed by atoms with Crippen molar-refractivity contribution in [2.45, 2.75) is 184 Å². The number of hydrogen-bond donors (Lipinski definition) is 8. The molecule has 8 rings (SSSR count). The molecule has 7 fully saturated rings. The predicted molar refractivity (Wildman–Crippen MR) is 221 cm³/mol. The molecule has 5 saturated carbocycles. The monoisotopic (exact) mass is 813 g/mol. The maximum absolute atomic E-state index is 15.3. The summed E-state index contributed by atoms with van der Waals surface area (Å²) in [4.78, 5) is 20.2. The number of carbonyl (C=O) groups excluding carboxylic acids is 1. The first-order valence-electron chi connectivity index (χ1n) is 23.7. The third-order valence-corrected chi connectivity index (χ3v) is 18.5. The Hall–Kier alpha value is -1.28. The molecule has 11 heteroatoms. The third kappa shape index (κ3) is 6.77. The van der Waals surface area contributed by atoms with E-state index in [2.05, 4.69) is 31.3 Å². The highest BCUT2D eigenvalue weighted by Crippen LogP contribution is 2.73. The molecule has 0 aromatic rings. The van der Waals surface area contributed by atoms with Crippen LogP contribution in [-0.4, -0.2) is 109 Å². The Morgan fingerprint density at radius 3 is 2.52 bits per heavy atom. The summed E-state index contributed by atoms with van der Waals surface area (Å²) in [5, 5.41) is 75.8. The van der Waals surface area contributed by atoms with Gasteiger partial charge in [0, 0.05) is 29.6 Å². The summed E-state index contributed by atoms with van der Waals surface area (Å²) in [6, 6.07) is 0. The van der Waals surface area contributed by atoms with Gasteiger partial charge in [-0.1, -0.05) is 64.5 Å². The molecule has 11 nitrogen and oxygen atoms in total. The van der Waals surface area contributed by atoms with Crippen LogP contribution in [0.25, 0.3) is 0 Å². The number of carbonyl (C=O) groups is 1. The topological polar surface area (TPSA) is 203 Å². The number of aliphatic imine (C=N–C) groups is 1. The molecule has 0 bridgehead atoms. The van der Waals surface area contributed by atoms with Crippen LogP contribution in [0.2, 0.25) is 0 Å². The third-order valence-electron chi connectivity index (χ3n) is 18.5. The smallest absolute Gasteiger partial charge is 0.180 e. The minimum atomic E-state index is -1.61. The maximum atomic E-state index is 15.3. The lowest BCUT2D eigenvalue weighted by molar-refractivity contribution is -0.703. The Balaban J connectivity index is 1.21. The van der Waals surface area contributed by atoms with E-state index in [9.17, 15) is 30.6 Å². The second-order valence-electron chi connectivity index (χ2n) is 21.7. The number of rotatable bonds is 10. The number of aliphatic hydroxyl groups is 6. The van der Waals surface area contributed by atoms with Crippen molar-refractivity contribution in [2.24, 2.45) is 74.8 Å². The summed E-state index contributed by atoms with van der Waals surface area (Å²) in [5.74, 6) is -1.36. The van der Waals surface area contributed by atoms with E-state index >= 15 is 4.79 Å². The van der Waals surface area contributed by atoms with Gasteiger partial charge in [0.1, 0.15) is 11.8 Å². The van der Waals surface area contributed by atoms with Gasteiger partial charge >= 0.3 is 0 Å². The molecule has 2 aliphatic heterocycles. The minimum absolute atomic E-state index is 0.0181. The highest BCUT2D eigenvalue weighted by atomic mass is 16.5. The fraction of sp³-hybridized carbons (Fsp3) is 0.915. The molecule has 8 aliphatic rings. The van der Waals surface area contributed by atoms with Crippen LogP contribution in [0.3, 0.4) is 0 Å². The maximum Gasteiger partial charge on any atom is 0.180 e. The van der Waals surface area contributed by atoms with Crippen LogP contribution >= 0.6 is 0 Å². The van der Waals surface area contributed by atoms with Gasteiger partial charge in [-0.05, 0) is 119 Å². The zero-order valence-corrected chi connectivity index (χ0v) is 36.0. The second-order valence-corrected chi connectivity index (χ2v) is 21.7. The minimum Gasteiger partial charge on any atom is -0.391 e. The molecule has 2 saturated heterocycles. The Labute approximate surface area is 347 Å². The quantitative estimate of drug-likeness (QED) is 0.120. The predicted octanol–water partition coefficient (Wildman–Crippen LogP) is 3.40. The number of hydrogen-bond acceptors (Lipinski definition) is 10. The number of nitrogens with two attached hydrogens (primary N) is 2. The number of unbranched alkanes of at least 4 members (excludes halogenated alkanes) is 3. The molecule has 0 radical (unpaired) electrons. The molecule has 0 aromatic carbocycles. The van der Waals surface area contributed by atoms with Gasteiger partial charge in [-0.2, -0.15) is 0 Å². The van der Waals surface area contributed by atoms with Crippen molar-refractivity contribution >= 4 is 11.5 Å². The average Bonchev–Trinajstić information content (AvgIpc) is 3.59. The van der Waals surface area contributed by atoms with E-state index in [1.165, 1.54) is 19.3 Å². The van der Waals surface area contributed by atoms with Gasteiger partial charge in [-0.15, -0.1) is 0 Å². The van der Waals surface area contributed by atoms with Crippen molar-refractivity contribution in [3.05, 3.63) is 12.2 Å². The van der Waals surface area contributed by atoms with Gasteiger partial charge < -0.3 is 40.7 Å². The van der Waals surface area contributed by atoms with Crippen LogP contribution in [0, 0.1) is 64.1 Å². The summed E-state index contributed by atoms with van der Waals surface area (Å²) in [7, 11) is 0. The molecule has 19 unspecified atom stereocenters.